The summed E-state index contributed by atoms with van der Waals surface area (Å²) in [4.78, 5) is 2.75. The lowest BCUT2D eigenvalue weighted by atomic mass is 10.1. The summed E-state index contributed by atoms with van der Waals surface area (Å²) in [6.45, 7) is 10.5. The van der Waals surface area contributed by atoms with Crippen LogP contribution >= 0.6 is 11.3 Å². The molecule has 1 nitrogen and oxygen atoms in total. The topological polar surface area (TPSA) is 12.0 Å². The van der Waals surface area contributed by atoms with Crippen LogP contribution < -0.4 is 5.32 Å². The van der Waals surface area contributed by atoms with Gasteiger partial charge in [0, 0.05) is 16.3 Å². The summed E-state index contributed by atoms with van der Waals surface area (Å²) in [5.41, 5.74) is 2.77. The molecule has 0 aliphatic carbocycles. The Labute approximate surface area is 128 Å². The highest BCUT2D eigenvalue weighted by Crippen LogP contribution is 2.30. The third-order valence-corrected chi connectivity index (χ3v) is 4.08. The molecular weight excluding hydrogens is 262 g/mol. The molecule has 0 amide bonds. The van der Waals surface area contributed by atoms with E-state index in [-0.39, 0.29) is 0 Å². The van der Waals surface area contributed by atoms with Crippen LogP contribution in [-0.4, -0.2) is 6.54 Å². The molecule has 1 N–H and O–H groups in total. The van der Waals surface area contributed by atoms with Gasteiger partial charge in [-0.1, -0.05) is 51.5 Å². The SMILES string of the molecule is CC.CCCCNCc1ccccc1-c1ccc(C)s1. The number of rotatable bonds is 6. The van der Waals surface area contributed by atoms with Gasteiger partial charge < -0.3 is 5.32 Å². The fourth-order valence-corrected chi connectivity index (χ4v) is 2.95. The molecular formula is C18H27NS. The molecule has 0 atom stereocenters. The van der Waals surface area contributed by atoms with Crippen LogP contribution in [0.2, 0.25) is 0 Å². The molecule has 110 valence electrons. The molecule has 1 heterocycles. The molecule has 0 radical (unpaired) electrons. The minimum Gasteiger partial charge on any atom is -0.313 e. The van der Waals surface area contributed by atoms with Gasteiger partial charge in [-0.15, -0.1) is 11.3 Å². The molecule has 0 aliphatic heterocycles. The third-order valence-electron chi connectivity index (χ3n) is 3.05. The van der Waals surface area contributed by atoms with Crippen molar-refractivity contribution in [2.24, 2.45) is 0 Å². The molecule has 2 aromatic rings. The minimum atomic E-state index is 0.965. The predicted octanol–water partition coefficient (Wildman–Crippen LogP) is 5.64. The minimum absolute atomic E-state index is 0.965. The number of hydrogen-bond acceptors (Lipinski definition) is 2. The van der Waals surface area contributed by atoms with Gasteiger partial charge in [0.1, 0.15) is 0 Å². The molecule has 1 aromatic heterocycles. The highest BCUT2D eigenvalue weighted by atomic mass is 32.1. The summed E-state index contributed by atoms with van der Waals surface area (Å²) in [7, 11) is 0. The third kappa shape index (κ3) is 5.10. The van der Waals surface area contributed by atoms with Crippen LogP contribution in [0, 0.1) is 6.92 Å². The van der Waals surface area contributed by atoms with Gasteiger partial charge in [0.05, 0.1) is 0 Å². The van der Waals surface area contributed by atoms with Gasteiger partial charge >= 0.3 is 0 Å². The van der Waals surface area contributed by atoms with Crippen molar-refractivity contribution in [3.63, 3.8) is 0 Å². The van der Waals surface area contributed by atoms with Crippen molar-refractivity contribution in [2.75, 3.05) is 6.54 Å². The lowest BCUT2D eigenvalue weighted by Crippen LogP contribution is -2.14. The maximum atomic E-state index is 3.52. The normalized spacial score (nSPS) is 10.0. The number of hydrogen-bond donors (Lipinski definition) is 1. The van der Waals surface area contributed by atoms with Crippen LogP contribution in [0.25, 0.3) is 10.4 Å². The Hall–Kier alpha value is -1.12. The van der Waals surface area contributed by atoms with Crippen LogP contribution in [0.15, 0.2) is 36.4 Å². The van der Waals surface area contributed by atoms with Gasteiger partial charge in [0.15, 0.2) is 0 Å². The predicted molar refractivity (Wildman–Crippen MR) is 92.5 cm³/mol. The van der Waals surface area contributed by atoms with Gasteiger partial charge in [-0.05, 0) is 43.1 Å². The average molecular weight is 289 g/mol. The second-order valence-electron chi connectivity index (χ2n) is 4.60. The lowest BCUT2D eigenvalue weighted by molar-refractivity contribution is 0.642. The highest BCUT2D eigenvalue weighted by Gasteiger charge is 2.05. The molecule has 0 spiro atoms. The Bertz CT molecular complexity index is 488. The van der Waals surface area contributed by atoms with Crippen LogP contribution in [-0.2, 0) is 6.54 Å². The second-order valence-corrected chi connectivity index (χ2v) is 5.89. The van der Waals surface area contributed by atoms with E-state index in [2.05, 4.69) is 55.6 Å². The Balaban J connectivity index is 0.000000956. The fourth-order valence-electron chi connectivity index (χ4n) is 2.02. The average Bonchev–Trinajstić information content (AvgIpc) is 2.93. The van der Waals surface area contributed by atoms with E-state index in [0.29, 0.717) is 0 Å². The van der Waals surface area contributed by atoms with Gasteiger partial charge in [-0.25, -0.2) is 0 Å². The zero-order valence-corrected chi connectivity index (χ0v) is 14.0. The standard InChI is InChI=1S/C16H21NS.C2H6/c1-3-4-11-17-12-14-7-5-6-8-15(14)16-10-9-13(2)18-16;1-2/h5-10,17H,3-4,11-12H2,1-2H3;1-2H3. The van der Waals surface area contributed by atoms with Crippen molar-refractivity contribution in [1.82, 2.24) is 5.32 Å². The number of benzene rings is 1. The molecule has 0 bridgehead atoms. The van der Waals surface area contributed by atoms with Crippen LogP contribution in [0.5, 0.6) is 0 Å². The van der Waals surface area contributed by atoms with E-state index in [0.717, 1.165) is 13.1 Å². The first-order chi connectivity index (χ1) is 9.81. The van der Waals surface area contributed by atoms with Crippen LogP contribution in [0.4, 0.5) is 0 Å². The van der Waals surface area contributed by atoms with Gasteiger partial charge in [0.2, 0.25) is 0 Å². The summed E-state index contributed by atoms with van der Waals surface area (Å²) in [5, 5.41) is 3.52. The molecule has 0 saturated carbocycles. The zero-order chi connectivity index (χ0) is 14.8. The molecule has 0 fully saturated rings. The molecule has 20 heavy (non-hydrogen) atoms. The first kappa shape index (κ1) is 16.9. The van der Waals surface area contributed by atoms with E-state index in [1.165, 1.54) is 33.7 Å². The first-order valence-electron chi connectivity index (χ1n) is 7.66. The van der Waals surface area contributed by atoms with Crippen molar-refractivity contribution in [1.29, 1.82) is 0 Å². The first-order valence-corrected chi connectivity index (χ1v) is 8.48. The van der Waals surface area contributed by atoms with Gasteiger partial charge in [-0.2, -0.15) is 0 Å². The van der Waals surface area contributed by atoms with E-state index < -0.39 is 0 Å². The number of nitrogens with one attached hydrogen (secondary N) is 1. The van der Waals surface area contributed by atoms with Crippen molar-refractivity contribution in [2.45, 2.75) is 47.1 Å². The Kier molecular flexibility index (Phi) is 8.24. The second kappa shape index (κ2) is 9.73. The highest BCUT2D eigenvalue weighted by molar-refractivity contribution is 7.15. The number of aryl methyl sites for hydroxylation is 1. The van der Waals surface area contributed by atoms with Crippen LogP contribution in [0.3, 0.4) is 0 Å². The molecule has 0 unspecified atom stereocenters. The van der Waals surface area contributed by atoms with Crippen molar-refractivity contribution in [3.05, 3.63) is 46.8 Å². The molecule has 0 aliphatic rings. The van der Waals surface area contributed by atoms with Crippen LogP contribution in [0.1, 0.15) is 44.1 Å². The quantitative estimate of drug-likeness (QED) is 0.679. The van der Waals surface area contributed by atoms with Gasteiger partial charge in [0.25, 0.3) is 0 Å². The number of thiophene rings is 1. The maximum absolute atomic E-state index is 3.52. The molecule has 0 saturated heterocycles. The molecule has 2 rings (SSSR count). The largest absolute Gasteiger partial charge is 0.313 e. The number of unbranched alkanes of at least 4 members (excludes halogenated alkanes) is 1. The molecule has 2 heteroatoms. The summed E-state index contributed by atoms with van der Waals surface area (Å²) in [6, 6.07) is 13.1. The van der Waals surface area contributed by atoms with Gasteiger partial charge in [-0.3, -0.25) is 0 Å². The van der Waals surface area contributed by atoms with E-state index in [1.807, 2.05) is 25.2 Å². The smallest absolute Gasteiger partial charge is 0.0348 e. The molecule has 1 aromatic carbocycles. The summed E-state index contributed by atoms with van der Waals surface area (Å²) in [6.07, 6.45) is 2.50. The monoisotopic (exact) mass is 289 g/mol. The summed E-state index contributed by atoms with van der Waals surface area (Å²) >= 11 is 1.87. The van der Waals surface area contributed by atoms with E-state index in [9.17, 15) is 0 Å². The van der Waals surface area contributed by atoms with E-state index >= 15 is 0 Å². The fraction of sp³-hybridized carbons (Fsp3) is 0.444. The lowest BCUT2D eigenvalue weighted by Gasteiger charge is -2.09. The van der Waals surface area contributed by atoms with Crippen molar-refractivity contribution >= 4 is 11.3 Å². The maximum Gasteiger partial charge on any atom is 0.0348 e. The summed E-state index contributed by atoms with van der Waals surface area (Å²) in [5.74, 6) is 0. The summed E-state index contributed by atoms with van der Waals surface area (Å²) < 4.78 is 0. The zero-order valence-electron chi connectivity index (χ0n) is 13.2. The van der Waals surface area contributed by atoms with Crippen molar-refractivity contribution < 1.29 is 0 Å². The van der Waals surface area contributed by atoms with E-state index in [4.69, 9.17) is 0 Å². The Morgan fingerprint density at radius 2 is 1.80 bits per heavy atom. The van der Waals surface area contributed by atoms with Crippen molar-refractivity contribution in [3.8, 4) is 10.4 Å². The Morgan fingerprint density at radius 1 is 1.05 bits per heavy atom. The Morgan fingerprint density at radius 3 is 2.45 bits per heavy atom. The van der Waals surface area contributed by atoms with E-state index in [1.54, 1.807) is 0 Å².